The summed E-state index contributed by atoms with van der Waals surface area (Å²) in [5.74, 6) is 1.19. The van der Waals surface area contributed by atoms with Crippen molar-refractivity contribution in [3.63, 3.8) is 0 Å². The first-order valence-corrected chi connectivity index (χ1v) is 2.88. The maximum atomic E-state index is 4.95. The van der Waals surface area contributed by atoms with Gasteiger partial charge in [-0.3, -0.25) is 0 Å². The van der Waals surface area contributed by atoms with Crippen molar-refractivity contribution in [3.8, 4) is 11.5 Å². The van der Waals surface area contributed by atoms with Gasteiger partial charge in [-0.1, -0.05) is 12.1 Å². The van der Waals surface area contributed by atoms with Crippen LogP contribution in [0.25, 0.3) is 0 Å². The molecule has 2 radical (unpaired) electrons. The van der Waals surface area contributed by atoms with Gasteiger partial charge in [-0.25, -0.2) is 0 Å². The highest BCUT2D eigenvalue weighted by atomic mass is 16.5. The summed E-state index contributed by atoms with van der Waals surface area (Å²) >= 11 is 0. The largest absolute Gasteiger partial charge is 0.565 e. The van der Waals surface area contributed by atoms with Crippen LogP contribution in [-0.4, -0.2) is 15.2 Å². The van der Waals surface area contributed by atoms with Crippen molar-refractivity contribution < 1.29 is 9.39 Å². The molecule has 0 saturated heterocycles. The quantitative estimate of drug-likeness (QED) is 0.565. The number of hydrogen-bond acceptors (Lipinski definition) is 2. The molecule has 0 heterocycles. The zero-order valence-electron chi connectivity index (χ0n) is 5.70. The van der Waals surface area contributed by atoms with Gasteiger partial charge in [-0.2, -0.15) is 0 Å². The fraction of sp³-hybridized carbons (Fsp3) is 0.143. The van der Waals surface area contributed by atoms with Crippen molar-refractivity contribution in [2.45, 2.75) is 0 Å². The summed E-state index contributed by atoms with van der Waals surface area (Å²) in [5.41, 5.74) is 0. The Morgan fingerprint density at radius 2 is 1.80 bits per heavy atom. The molecule has 10 heavy (non-hydrogen) atoms. The molecule has 0 N–H and O–H groups in total. The van der Waals surface area contributed by atoms with Crippen LogP contribution >= 0.6 is 0 Å². The van der Waals surface area contributed by atoms with E-state index in [0.29, 0.717) is 11.5 Å². The predicted molar refractivity (Wildman–Crippen MR) is 39.4 cm³/mol. The van der Waals surface area contributed by atoms with Gasteiger partial charge in [0.1, 0.15) is 5.75 Å². The molecule has 50 valence electrons. The third-order valence-electron chi connectivity index (χ3n) is 1.20. The second-order valence-electron chi connectivity index (χ2n) is 1.77. The molecule has 0 aliphatic heterocycles. The second kappa shape index (κ2) is 3.15. The molecule has 0 aliphatic rings. The van der Waals surface area contributed by atoms with Crippen LogP contribution in [0.15, 0.2) is 24.3 Å². The van der Waals surface area contributed by atoms with Gasteiger partial charge >= 0.3 is 8.05 Å². The van der Waals surface area contributed by atoms with Gasteiger partial charge in [0, 0.05) is 0 Å². The van der Waals surface area contributed by atoms with Crippen molar-refractivity contribution in [2.24, 2.45) is 0 Å². The number of benzene rings is 1. The van der Waals surface area contributed by atoms with Crippen molar-refractivity contribution in [1.82, 2.24) is 0 Å². The molecule has 3 heteroatoms. The van der Waals surface area contributed by atoms with Gasteiger partial charge in [0.15, 0.2) is 5.75 Å². The highest BCUT2D eigenvalue weighted by Gasteiger charge is 1.96. The predicted octanol–water partition coefficient (Wildman–Crippen LogP) is 1.16. The lowest BCUT2D eigenvalue weighted by Crippen LogP contribution is -1.89. The van der Waals surface area contributed by atoms with Gasteiger partial charge < -0.3 is 9.39 Å². The standard InChI is InChI=1S/C7H7BO2/c1-9-6-4-2-3-5-7(6)10-8/h2-5H,1H3. The summed E-state index contributed by atoms with van der Waals surface area (Å²) in [5, 5.41) is 0. The average molecular weight is 134 g/mol. The minimum absolute atomic E-state index is 0.546. The molecule has 0 aliphatic carbocycles. The third kappa shape index (κ3) is 1.24. The molecule has 0 atom stereocenters. The summed E-state index contributed by atoms with van der Waals surface area (Å²) in [6, 6.07) is 7.19. The van der Waals surface area contributed by atoms with Gasteiger partial charge in [0.25, 0.3) is 0 Å². The van der Waals surface area contributed by atoms with Crippen molar-refractivity contribution in [2.75, 3.05) is 7.11 Å². The van der Waals surface area contributed by atoms with Crippen molar-refractivity contribution in [1.29, 1.82) is 0 Å². The molecule has 0 unspecified atom stereocenters. The fourth-order valence-corrected chi connectivity index (χ4v) is 0.716. The summed E-state index contributed by atoms with van der Waals surface area (Å²) < 4.78 is 9.44. The first kappa shape index (κ1) is 7.00. The van der Waals surface area contributed by atoms with Crippen LogP contribution in [0.3, 0.4) is 0 Å². The van der Waals surface area contributed by atoms with E-state index >= 15 is 0 Å². The van der Waals surface area contributed by atoms with E-state index in [0.717, 1.165) is 0 Å². The van der Waals surface area contributed by atoms with Gasteiger partial charge in [0.05, 0.1) is 7.11 Å². The first-order valence-electron chi connectivity index (χ1n) is 2.88. The maximum Gasteiger partial charge on any atom is 0.374 e. The molecule has 0 saturated carbocycles. The number of para-hydroxylation sites is 2. The summed E-state index contributed by atoms with van der Waals surface area (Å²) in [7, 11) is 6.51. The highest BCUT2D eigenvalue weighted by Crippen LogP contribution is 2.24. The third-order valence-corrected chi connectivity index (χ3v) is 1.20. The summed E-state index contributed by atoms with van der Waals surface area (Å²) in [4.78, 5) is 0. The van der Waals surface area contributed by atoms with Crippen LogP contribution in [0.4, 0.5) is 0 Å². The number of rotatable bonds is 2. The van der Waals surface area contributed by atoms with E-state index in [9.17, 15) is 0 Å². The van der Waals surface area contributed by atoms with Gasteiger partial charge in [-0.05, 0) is 12.1 Å². The summed E-state index contributed by atoms with van der Waals surface area (Å²) in [6.07, 6.45) is 0. The molecular weight excluding hydrogens is 127 g/mol. The molecule has 1 rings (SSSR count). The van der Waals surface area contributed by atoms with E-state index in [1.54, 1.807) is 19.2 Å². The monoisotopic (exact) mass is 134 g/mol. The van der Waals surface area contributed by atoms with E-state index in [2.05, 4.69) is 4.65 Å². The molecule has 1 aromatic carbocycles. The molecule has 1 aromatic rings. The lowest BCUT2D eigenvalue weighted by molar-refractivity contribution is 0.397. The van der Waals surface area contributed by atoms with E-state index in [1.165, 1.54) is 0 Å². The smallest absolute Gasteiger partial charge is 0.374 e. The number of ether oxygens (including phenoxy) is 1. The van der Waals surface area contributed by atoms with Gasteiger partial charge in [-0.15, -0.1) is 0 Å². The maximum absolute atomic E-state index is 4.95. The zero-order valence-corrected chi connectivity index (χ0v) is 5.70. The van der Waals surface area contributed by atoms with E-state index in [1.807, 2.05) is 12.1 Å². The Morgan fingerprint density at radius 3 is 2.20 bits per heavy atom. The Hall–Kier alpha value is -1.12. The zero-order chi connectivity index (χ0) is 7.40. The van der Waals surface area contributed by atoms with E-state index in [-0.39, 0.29) is 0 Å². The fourth-order valence-electron chi connectivity index (χ4n) is 0.716. The second-order valence-corrected chi connectivity index (χ2v) is 1.77. The molecule has 0 spiro atoms. The Labute approximate surface area is 61.2 Å². The Bertz CT molecular complexity index is 190. The molecule has 0 fully saturated rings. The Balaban J connectivity index is 2.96. The van der Waals surface area contributed by atoms with Crippen molar-refractivity contribution in [3.05, 3.63) is 24.3 Å². The van der Waals surface area contributed by atoms with Crippen molar-refractivity contribution >= 4 is 8.05 Å². The van der Waals surface area contributed by atoms with Crippen LogP contribution in [0, 0.1) is 0 Å². The van der Waals surface area contributed by atoms with E-state index < -0.39 is 0 Å². The molecule has 0 bridgehead atoms. The summed E-state index contributed by atoms with van der Waals surface area (Å²) in [6.45, 7) is 0. The number of hydrogen-bond donors (Lipinski definition) is 0. The Morgan fingerprint density at radius 1 is 1.20 bits per heavy atom. The molecule has 0 aromatic heterocycles. The normalized spacial score (nSPS) is 8.90. The van der Waals surface area contributed by atoms with Crippen LogP contribution in [-0.2, 0) is 0 Å². The van der Waals surface area contributed by atoms with Gasteiger partial charge in [0.2, 0.25) is 0 Å². The number of methoxy groups -OCH3 is 1. The lowest BCUT2D eigenvalue weighted by atomic mass is 10.3. The van der Waals surface area contributed by atoms with Crippen LogP contribution in [0.2, 0.25) is 0 Å². The lowest BCUT2D eigenvalue weighted by Gasteiger charge is -2.05. The minimum atomic E-state index is 0.546. The molecular formula is C7H7BO2. The highest BCUT2D eigenvalue weighted by molar-refractivity contribution is 6.00. The van der Waals surface area contributed by atoms with Crippen LogP contribution in [0.5, 0.6) is 11.5 Å². The first-order chi connectivity index (χ1) is 4.88. The molecule has 0 amide bonds. The Kier molecular flexibility index (Phi) is 2.21. The molecule has 2 nitrogen and oxygen atoms in total. The topological polar surface area (TPSA) is 18.5 Å². The average Bonchev–Trinajstić information content (AvgIpc) is 2.04. The van der Waals surface area contributed by atoms with E-state index in [4.69, 9.17) is 12.8 Å². The SMILES string of the molecule is [B]Oc1ccccc1OC. The van der Waals surface area contributed by atoms with Crippen LogP contribution < -0.4 is 9.39 Å². The van der Waals surface area contributed by atoms with Crippen LogP contribution in [0.1, 0.15) is 0 Å². The minimum Gasteiger partial charge on any atom is -0.565 e.